The normalized spacial score (nSPS) is 35.8. The lowest BCUT2D eigenvalue weighted by molar-refractivity contribution is -0.148. The number of benzene rings is 1. The number of furan rings is 1. The van der Waals surface area contributed by atoms with E-state index >= 15 is 0 Å². The minimum Gasteiger partial charge on any atom is -0.467 e. The maximum absolute atomic E-state index is 14.0. The van der Waals surface area contributed by atoms with Crippen LogP contribution in [-0.4, -0.2) is 46.3 Å². The first-order valence-corrected chi connectivity index (χ1v) is 12.5. The second-order valence-electron chi connectivity index (χ2n) is 10.4. The summed E-state index contributed by atoms with van der Waals surface area (Å²) < 4.78 is 12.1. The van der Waals surface area contributed by atoms with E-state index in [0.717, 1.165) is 12.8 Å². The van der Waals surface area contributed by atoms with Crippen LogP contribution in [0.3, 0.4) is 0 Å². The first-order valence-electron chi connectivity index (χ1n) is 12.5. The van der Waals surface area contributed by atoms with Crippen LogP contribution in [0, 0.1) is 17.8 Å². The number of rotatable bonds is 6. The molecule has 0 aliphatic carbocycles. The second kappa shape index (κ2) is 8.19. The van der Waals surface area contributed by atoms with Gasteiger partial charge in [-0.05, 0) is 37.5 Å². The third-order valence-corrected chi connectivity index (χ3v) is 8.35. The summed E-state index contributed by atoms with van der Waals surface area (Å²) in [7, 11) is 0. The molecule has 2 aromatic rings. The van der Waals surface area contributed by atoms with Gasteiger partial charge in [-0.3, -0.25) is 14.4 Å². The van der Waals surface area contributed by atoms with E-state index in [0.29, 0.717) is 5.76 Å². The molecule has 1 spiro atoms. The number of fused-ring (bicyclic) bond motifs is 2. The van der Waals surface area contributed by atoms with E-state index in [4.69, 9.17) is 9.15 Å². The summed E-state index contributed by atoms with van der Waals surface area (Å²) in [6, 6.07) is 12.8. The average molecular weight is 475 g/mol. The highest BCUT2D eigenvalue weighted by atomic mass is 16.5. The number of nitrogens with one attached hydrogen (secondary N) is 1. The summed E-state index contributed by atoms with van der Waals surface area (Å²) in [4.78, 5) is 42.3. The Morgan fingerprint density at radius 1 is 1.20 bits per heavy atom. The van der Waals surface area contributed by atoms with Gasteiger partial charge in [0.2, 0.25) is 11.8 Å². The van der Waals surface area contributed by atoms with Gasteiger partial charge in [0, 0.05) is 18.4 Å². The number of hydrogen-bond acceptors (Lipinski definition) is 5. The second-order valence-corrected chi connectivity index (χ2v) is 10.4. The SMILES string of the molecule is C[C@H](CCc1ccccc1)NC(=O)[C@H]1[C@H]2C(=O)N3[C@H](c4ccco4)CC(=O)[C@@H](C)[C@@H]3[C@@]23C=C[C@H]1O3. The van der Waals surface area contributed by atoms with Crippen LogP contribution in [0.2, 0.25) is 0 Å². The number of carbonyl (C=O) groups excluding carboxylic acids is 3. The maximum atomic E-state index is 14.0. The van der Waals surface area contributed by atoms with Crippen LogP contribution in [-0.2, 0) is 25.5 Å². The van der Waals surface area contributed by atoms with Crippen molar-refractivity contribution in [1.29, 1.82) is 0 Å². The summed E-state index contributed by atoms with van der Waals surface area (Å²) >= 11 is 0. The molecular weight excluding hydrogens is 444 g/mol. The van der Waals surface area contributed by atoms with E-state index in [1.54, 1.807) is 23.3 Å². The number of hydrogen-bond donors (Lipinski definition) is 1. The third-order valence-electron chi connectivity index (χ3n) is 8.35. The van der Waals surface area contributed by atoms with E-state index in [1.807, 2.05) is 44.2 Å². The van der Waals surface area contributed by atoms with E-state index < -0.39 is 35.6 Å². The molecule has 4 aliphatic rings. The fraction of sp³-hybridized carbons (Fsp3) is 0.464. The van der Waals surface area contributed by atoms with Crippen molar-refractivity contribution in [1.82, 2.24) is 10.2 Å². The van der Waals surface area contributed by atoms with Gasteiger partial charge >= 0.3 is 0 Å². The molecule has 3 fully saturated rings. The van der Waals surface area contributed by atoms with Gasteiger partial charge in [-0.25, -0.2) is 0 Å². The van der Waals surface area contributed by atoms with Gasteiger partial charge in [-0.15, -0.1) is 0 Å². The number of aryl methyl sites for hydroxylation is 1. The zero-order valence-corrected chi connectivity index (χ0v) is 19.9. The Hall–Kier alpha value is -3.19. The van der Waals surface area contributed by atoms with Gasteiger partial charge in [-0.2, -0.15) is 0 Å². The smallest absolute Gasteiger partial charge is 0.230 e. The van der Waals surface area contributed by atoms with Gasteiger partial charge < -0.3 is 19.4 Å². The number of amides is 2. The van der Waals surface area contributed by atoms with E-state index in [1.165, 1.54) is 5.56 Å². The van der Waals surface area contributed by atoms with Gasteiger partial charge in [-0.1, -0.05) is 49.4 Å². The van der Waals surface area contributed by atoms with Gasteiger partial charge in [0.15, 0.2) is 0 Å². The zero-order valence-electron chi connectivity index (χ0n) is 19.9. The molecule has 0 radical (unpaired) electrons. The van der Waals surface area contributed by atoms with E-state index in [-0.39, 0.29) is 36.0 Å². The monoisotopic (exact) mass is 474 g/mol. The Labute approximate surface area is 204 Å². The highest BCUT2D eigenvalue weighted by Gasteiger charge is 2.74. The van der Waals surface area contributed by atoms with Crippen molar-refractivity contribution < 1.29 is 23.5 Å². The molecule has 35 heavy (non-hydrogen) atoms. The number of Topliss-reactive ketones (excluding diaryl/α,β-unsaturated/α-hetero) is 1. The highest BCUT2D eigenvalue weighted by molar-refractivity contribution is 5.96. The van der Waals surface area contributed by atoms with Crippen molar-refractivity contribution in [3.8, 4) is 0 Å². The molecule has 7 nitrogen and oxygen atoms in total. The Balaban J connectivity index is 1.25. The van der Waals surface area contributed by atoms with Crippen molar-refractivity contribution in [3.63, 3.8) is 0 Å². The standard InChI is InChI=1S/C28H30N2O5/c1-16(10-11-18-7-4-3-5-8-18)29-26(32)23-22-12-13-28(35-22)24(23)27(33)30-19(21-9-6-14-34-21)15-20(31)17(2)25(28)30/h3-9,12-14,16-17,19,22-25H,10-11,15H2,1-2H3,(H,29,32)/t16-,17-,19+,22-,23-,24+,25-,28-/m1/s1. The Morgan fingerprint density at radius 2 is 2.00 bits per heavy atom. The minimum atomic E-state index is -0.961. The van der Waals surface area contributed by atoms with Crippen molar-refractivity contribution in [2.24, 2.45) is 17.8 Å². The van der Waals surface area contributed by atoms with Crippen molar-refractivity contribution in [2.45, 2.75) is 62.9 Å². The maximum Gasteiger partial charge on any atom is 0.230 e. The largest absolute Gasteiger partial charge is 0.467 e. The molecule has 1 aromatic carbocycles. The quantitative estimate of drug-likeness (QED) is 0.650. The van der Waals surface area contributed by atoms with Gasteiger partial charge in [0.05, 0.1) is 36.3 Å². The molecule has 2 amide bonds. The van der Waals surface area contributed by atoms with Gasteiger partial charge in [0.1, 0.15) is 17.1 Å². The van der Waals surface area contributed by atoms with Crippen molar-refractivity contribution >= 4 is 17.6 Å². The van der Waals surface area contributed by atoms with E-state index in [9.17, 15) is 14.4 Å². The number of carbonyl (C=O) groups is 3. The molecule has 6 rings (SSSR count). The fourth-order valence-electron chi connectivity index (χ4n) is 6.70. The van der Waals surface area contributed by atoms with Crippen LogP contribution in [0.5, 0.6) is 0 Å². The topological polar surface area (TPSA) is 88.9 Å². The number of piperidine rings is 1. The van der Waals surface area contributed by atoms with Crippen LogP contribution in [0.1, 0.15) is 44.1 Å². The van der Waals surface area contributed by atoms with Crippen molar-refractivity contribution in [3.05, 3.63) is 72.2 Å². The molecule has 0 saturated carbocycles. The van der Waals surface area contributed by atoms with Crippen LogP contribution in [0.15, 0.2) is 65.3 Å². The molecule has 5 heterocycles. The number of ether oxygens (including phenoxy) is 1. The molecule has 1 N–H and O–H groups in total. The Morgan fingerprint density at radius 3 is 2.74 bits per heavy atom. The highest BCUT2D eigenvalue weighted by Crippen LogP contribution is 2.59. The lowest BCUT2D eigenvalue weighted by Crippen LogP contribution is -2.55. The molecular formula is C28H30N2O5. The number of ketones is 1. The fourth-order valence-corrected chi connectivity index (χ4v) is 6.70. The summed E-state index contributed by atoms with van der Waals surface area (Å²) in [5.74, 6) is -1.25. The summed E-state index contributed by atoms with van der Waals surface area (Å²) in [6.45, 7) is 3.86. The zero-order chi connectivity index (χ0) is 24.3. The van der Waals surface area contributed by atoms with E-state index in [2.05, 4.69) is 17.4 Å². The molecule has 4 aliphatic heterocycles. The van der Waals surface area contributed by atoms with Crippen molar-refractivity contribution in [2.75, 3.05) is 0 Å². The average Bonchev–Trinajstić information content (AvgIpc) is 3.63. The molecule has 8 atom stereocenters. The van der Waals surface area contributed by atoms with Crippen LogP contribution in [0.25, 0.3) is 0 Å². The molecule has 2 bridgehead atoms. The molecule has 7 heteroatoms. The Bertz CT molecular complexity index is 1180. The van der Waals surface area contributed by atoms with Crippen LogP contribution < -0.4 is 5.32 Å². The predicted molar refractivity (Wildman–Crippen MR) is 127 cm³/mol. The van der Waals surface area contributed by atoms with Gasteiger partial charge in [0.25, 0.3) is 0 Å². The first-order chi connectivity index (χ1) is 16.9. The molecule has 3 saturated heterocycles. The Kier molecular flexibility index (Phi) is 5.22. The minimum absolute atomic E-state index is 0.0442. The lowest BCUT2D eigenvalue weighted by Gasteiger charge is -2.43. The van der Waals surface area contributed by atoms with Crippen LogP contribution >= 0.6 is 0 Å². The lowest BCUT2D eigenvalue weighted by atomic mass is 9.70. The van der Waals surface area contributed by atoms with Crippen LogP contribution in [0.4, 0.5) is 0 Å². The molecule has 1 aromatic heterocycles. The molecule has 182 valence electrons. The summed E-state index contributed by atoms with van der Waals surface area (Å²) in [5.41, 5.74) is 0.265. The number of nitrogens with zero attached hydrogens (tertiary/aromatic N) is 1. The molecule has 0 unspecified atom stereocenters. The summed E-state index contributed by atoms with van der Waals surface area (Å²) in [6.07, 6.45) is 6.80. The first kappa shape index (κ1) is 22.3. The third kappa shape index (κ3) is 3.32. The predicted octanol–water partition coefficient (Wildman–Crippen LogP) is 3.22. The summed E-state index contributed by atoms with van der Waals surface area (Å²) in [5, 5.41) is 3.14.